The second-order valence-corrected chi connectivity index (χ2v) is 4.28. The molecule has 0 aliphatic carbocycles. The van der Waals surface area contributed by atoms with Crippen molar-refractivity contribution >= 4 is 0 Å². The predicted molar refractivity (Wildman–Crippen MR) is 65.3 cm³/mol. The molecule has 1 heterocycles. The Bertz CT molecular complexity index is 363. The first-order valence-corrected chi connectivity index (χ1v) is 6.23. The van der Waals surface area contributed by atoms with E-state index in [1.807, 2.05) is 6.92 Å². The Morgan fingerprint density at radius 2 is 2.00 bits per heavy atom. The maximum Gasteiger partial charge on any atom is 0.433 e. The minimum absolute atomic E-state index is 0.181. The normalized spacial score (nSPS) is 13.6. The van der Waals surface area contributed by atoms with Gasteiger partial charge in [-0.3, -0.25) is 0 Å². The highest BCUT2D eigenvalue weighted by Crippen LogP contribution is 2.27. The molecule has 0 aromatic carbocycles. The summed E-state index contributed by atoms with van der Waals surface area (Å²) in [5.74, 6) is 0. The van der Waals surface area contributed by atoms with Gasteiger partial charge in [-0.25, -0.2) is 4.98 Å². The Hall–Kier alpha value is -1.10. The molecule has 0 saturated heterocycles. The Balaban J connectivity index is 2.71. The summed E-state index contributed by atoms with van der Waals surface area (Å²) >= 11 is 0. The van der Waals surface area contributed by atoms with Gasteiger partial charge in [0.25, 0.3) is 0 Å². The van der Waals surface area contributed by atoms with Crippen molar-refractivity contribution in [3.63, 3.8) is 0 Å². The quantitative estimate of drug-likeness (QED) is 0.847. The summed E-state index contributed by atoms with van der Waals surface area (Å²) in [6.45, 7) is 4.95. The van der Waals surface area contributed by atoms with Gasteiger partial charge in [0.1, 0.15) is 5.69 Å². The summed E-state index contributed by atoms with van der Waals surface area (Å²) in [5, 5.41) is 3.30. The summed E-state index contributed by atoms with van der Waals surface area (Å²) in [5.41, 5.74) is -0.328. The van der Waals surface area contributed by atoms with Gasteiger partial charge in [0, 0.05) is 18.2 Å². The van der Waals surface area contributed by atoms with Crippen LogP contribution >= 0.6 is 0 Å². The number of hydrogen-bond acceptors (Lipinski definition) is 2. The van der Waals surface area contributed by atoms with E-state index in [1.54, 1.807) is 6.07 Å². The van der Waals surface area contributed by atoms with Crippen molar-refractivity contribution in [2.75, 3.05) is 6.54 Å². The number of alkyl halides is 3. The van der Waals surface area contributed by atoms with Crippen molar-refractivity contribution in [3.8, 4) is 0 Å². The summed E-state index contributed by atoms with van der Waals surface area (Å²) in [6, 6.07) is 4.24. The highest BCUT2D eigenvalue weighted by Gasteiger charge is 2.32. The third-order valence-corrected chi connectivity index (χ3v) is 2.73. The van der Waals surface area contributed by atoms with Crippen LogP contribution in [0.4, 0.5) is 13.2 Å². The molecule has 0 radical (unpaired) electrons. The number of rotatable bonds is 6. The molecule has 1 aromatic heterocycles. The molecule has 0 aliphatic heterocycles. The van der Waals surface area contributed by atoms with E-state index in [1.165, 1.54) is 6.07 Å². The van der Waals surface area contributed by atoms with Crippen LogP contribution in [0, 0.1) is 0 Å². The summed E-state index contributed by atoms with van der Waals surface area (Å²) in [7, 11) is 0. The molecule has 1 aromatic rings. The van der Waals surface area contributed by atoms with Gasteiger partial charge in [-0.15, -0.1) is 0 Å². The van der Waals surface area contributed by atoms with Gasteiger partial charge in [-0.05, 0) is 31.5 Å². The van der Waals surface area contributed by atoms with Gasteiger partial charge in [0.15, 0.2) is 0 Å². The zero-order chi connectivity index (χ0) is 13.6. The van der Waals surface area contributed by atoms with Gasteiger partial charge in [0.05, 0.1) is 0 Å². The van der Waals surface area contributed by atoms with Crippen molar-refractivity contribution in [2.24, 2.45) is 0 Å². The molecule has 102 valence electrons. The average molecular weight is 260 g/mol. The molecule has 1 unspecified atom stereocenters. The van der Waals surface area contributed by atoms with E-state index in [0.29, 0.717) is 12.1 Å². The third-order valence-electron chi connectivity index (χ3n) is 2.73. The summed E-state index contributed by atoms with van der Waals surface area (Å²) < 4.78 is 37.5. The smallest absolute Gasteiger partial charge is 0.314 e. The lowest BCUT2D eigenvalue weighted by molar-refractivity contribution is -0.141. The van der Waals surface area contributed by atoms with Crippen molar-refractivity contribution in [3.05, 3.63) is 29.6 Å². The molecule has 0 saturated carbocycles. The fourth-order valence-electron chi connectivity index (χ4n) is 1.71. The zero-order valence-corrected chi connectivity index (χ0v) is 10.7. The lowest BCUT2D eigenvalue weighted by Crippen LogP contribution is -2.31. The zero-order valence-electron chi connectivity index (χ0n) is 10.7. The number of nitrogens with one attached hydrogen (secondary N) is 1. The Labute approximate surface area is 106 Å². The number of halogens is 3. The molecule has 1 N–H and O–H groups in total. The summed E-state index contributed by atoms with van der Waals surface area (Å²) in [6.07, 6.45) is -1.96. The van der Waals surface area contributed by atoms with Gasteiger partial charge >= 0.3 is 6.18 Å². The molecule has 1 atom stereocenters. The number of nitrogens with zero attached hydrogens (tertiary/aromatic N) is 1. The van der Waals surface area contributed by atoms with E-state index in [4.69, 9.17) is 0 Å². The van der Waals surface area contributed by atoms with Crippen LogP contribution in [-0.4, -0.2) is 17.6 Å². The standard InChI is InChI=1S/C13H19F3N2/c1-3-8-17-10(4-2)9-11-6-5-7-12(18-11)13(14,15)16/h5-7,10,17H,3-4,8-9H2,1-2H3. The maximum absolute atomic E-state index is 12.5. The topological polar surface area (TPSA) is 24.9 Å². The van der Waals surface area contributed by atoms with Gasteiger partial charge < -0.3 is 5.32 Å². The number of aromatic nitrogens is 1. The van der Waals surface area contributed by atoms with Crippen LogP contribution in [0.15, 0.2) is 18.2 Å². The SMILES string of the molecule is CCCNC(CC)Cc1cccc(C(F)(F)F)n1. The molecule has 0 amide bonds. The third kappa shape index (κ3) is 4.64. The highest BCUT2D eigenvalue weighted by molar-refractivity contribution is 5.14. The van der Waals surface area contributed by atoms with Gasteiger partial charge in [-0.1, -0.05) is 19.9 Å². The maximum atomic E-state index is 12.5. The lowest BCUT2D eigenvalue weighted by Gasteiger charge is -2.16. The molecular weight excluding hydrogens is 241 g/mol. The van der Waals surface area contributed by atoms with Crippen LogP contribution in [0.25, 0.3) is 0 Å². The molecule has 0 fully saturated rings. The number of hydrogen-bond donors (Lipinski definition) is 1. The van der Waals surface area contributed by atoms with Gasteiger partial charge in [0.2, 0.25) is 0 Å². The van der Waals surface area contributed by atoms with E-state index in [2.05, 4.69) is 17.2 Å². The molecule has 0 bridgehead atoms. The highest BCUT2D eigenvalue weighted by atomic mass is 19.4. The van der Waals surface area contributed by atoms with E-state index < -0.39 is 11.9 Å². The van der Waals surface area contributed by atoms with Crippen LogP contribution < -0.4 is 5.32 Å². The van der Waals surface area contributed by atoms with Crippen LogP contribution in [0.5, 0.6) is 0 Å². The first kappa shape index (κ1) is 15.0. The fourth-order valence-corrected chi connectivity index (χ4v) is 1.71. The van der Waals surface area contributed by atoms with Crippen molar-refractivity contribution in [2.45, 2.75) is 45.3 Å². The average Bonchev–Trinajstić information content (AvgIpc) is 2.33. The van der Waals surface area contributed by atoms with Gasteiger partial charge in [-0.2, -0.15) is 13.2 Å². The second-order valence-electron chi connectivity index (χ2n) is 4.28. The minimum atomic E-state index is -4.37. The molecule has 18 heavy (non-hydrogen) atoms. The van der Waals surface area contributed by atoms with E-state index >= 15 is 0 Å². The monoisotopic (exact) mass is 260 g/mol. The fraction of sp³-hybridized carbons (Fsp3) is 0.615. The number of pyridine rings is 1. The predicted octanol–water partition coefficient (Wildman–Crippen LogP) is 3.42. The second kappa shape index (κ2) is 6.73. The first-order valence-electron chi connectivity index (χ1n) is 6.23. The first-order chi connectivity index (χ1) is 8.47. The summed E-state index contributed by atoms with van der Waals surface area (Å²) in [4.78, 5) is 3.67. The van der Waals surface area contributed by atoms with E-state index in [9.17, 15) is 13.2 Å². The van der Waals surface area contributed by atoms with Crippen LogP contribution in [0.2, 0.25) is 0 Å². The van der Waals surface area contributed by atoms with Crippen molar-refractivity contribution in [1.29, 1.82) is 0 Å². The Morgan fingerprint density at radius 3 is 2.56 bits per heavy atom. The lowest BCUT2D eigenvalue weighted by atomic mass is 10.1. The Kier molecular flexibility index (Phi) is 5.59. The van der Waals surface area contributed by atoms with E-state index in [-0.39, 0.29) is 6.04 Å². The Morgan fingerprint density at radius 1 is 1.28 bits per heavy atom. The van der Waals surface area contributed by atoms with Crippen LogP contribution in [0.1, 0.15) is 38.1 Å². The van der Waals surface area contributed by atoms with Crippen molar-refractivity contribution < 1.29 is 13.2 Å². The minimum Gasteiger partial charge on any atom is -0.314 e. The molecular formula is C13H19F3N2. The molecule has 5 heteroatoms. The molecule has 2 nitrogen and oxygen atoms in total. The molecule has 0 aliphatic rings. The van der Waals surface area contributed by atoms with Crippen LogP contribution in [0.3, 0.4) is 0 Å². The van der Waals surface area contributed by atoms with E-state index in [0.717, 1.165) is 25.5 Å². The van der Waals surface area contributed by atoms with Crippen molar-refractivity contribution in [1.82, 2.24) is 10.3 Å². The van der Waals surface area contributed by atoms with Crippen LogP contribution in [-0.2, 0) is 12.6 Å². The molecule has 1 rings (SSSR count). The molecule has 0 spiro atoms. The largest absolute Gasteiger partial charge is 0.433 e.